The van der Waals surface area contributed by atoms with E-state index in [1.54, 1.807) is 6.08 Å². The van der Waals surface area contributed by atoms with Gasteiger partial charge in [-0.3, -0.25) is 0 Å². The van der Waals surface area contributed by atoms with Crippen molar-refractivity contribution in [2.45, 2.75) is 84.4 Å². The van der Waals surface area contributed by atoms with Crippen LogP contribution in [-0.4, -0.2) is 46.7 Å². The van der Waals surface area contributed by atoms with Gasteiger partial charge in [0.15, 0.2) is 0 Å². The van der Waals surface area contributed by atoms with Crippen molar-refractivity contribution in [1.82, 2.24) is 0 Å². The molecule has 182 valence electrons. The van der Waals surface area contributed by atoms with Crippen LogP contribution in [0.15, 0.2) is 71.9 Å². The SMILES string of the molecule is C/C=C/[C@@H]1O[C@H](C(O)/C=C/C=C(\C)C[C@@H](C)/C=C(C)\C=C\[C@H]2CC=CC(=O)O2)C[C@@H](O)[C@@H]1C. The normalized spacial score (nSPS) is 31.5. The maximum Gasteiger partial charge on any atom is 0.331 e. The highest BCUT2D eigenvalue weighted by atomic mass is 16.5. The first kappa shape index (κ1) is 27.0. The third-order valence-electron chi connectivity index (χ3n) is 6.04. The van der Waals surface area contributed by atoms with Crippen molar-refractivity contribution in [3.63, 3.8) is 0 Å². The third kappa shape index (κ3) is 9.28. The Morgan fingerprint density at radius 2 is 2.06 bits per heavy atom. The summed E-state index contributed by atoms with van der Waals surface area (Å²) in [6, 6.07) is 0. The third-order valence-corrected chi connectivity index (χ3v) is 6.04. The summed E-state index contributed by atoms with van der Waals surface area (Å²) in [5.41, 5.74) is 2.33. The van der Waals surface area contributed by atoms with Crippen LogP contribution in [-0.2, 0) is 14.3 Å². The van der Waals surface area contributed by atoms with Gasteiger partial charge in [-0.25, -0.2) is 4.79 Å². The minimum absolute atomic E-state index is 0.0122. The van der Waals surface area contributed by atoms with Crippen LogP contribution < -0.4 is 0 Å². The predicted octanol–water partition coefficient (Wildman–Crippen LogP) is 4.98. The Bertz CT molecular complexity index is 816. The van der Waals surface area contributed by atoms with Gasteiger partial charge >= 0.3 is 5.97 Å². The molecule has 0 aromatic rings. The molecule has 2 aliphatic heterocycles. The molecule has 1 unspecified atom stereocenters. The van der Waals surface area contributed by atoms with Crippen LogP contribution in [0, 0.1) is 11.8 Å². The van der Waals surface area contributed by atoms with Gasteiger partial charge in [0.05, 0.1) is 24.4 Å². The minimum Gasteiger partial charge on any atom is -0.455 e. The lowest BCUT2D eigenvalue weighted by atomic mass is 9.88. The fourth-order valence-electron chi connectivity index (χ4n) is 4.19. The van der Waals surface area contributed by atoms with Crippen LogP contribution in [0.25, 0.3) is 0 Å². The first-order valence-corrected chi connectivity index (χ1v) is 11.9. The summed E-state index contributed by atoms with van der Waals surface area (Å²) < 4.78 is 11.2. The van der Waals surface area contributed by atoms with Crippen molar-refractivity contribution in [3.8, 4) is 0 Å². The van der Waals surface area contributed by atoms with E-state index in [2.05, 4.69) is 19.9 Å². The molecule has 2 N–H and O–H groups in total. The zero-order chi connectivity index (χ0) is 24.4. The van der Waals surface area contributed by atoms with Gasteiger partial charge in [-0.2, -0.15) is 0 Å². The molecular formula is C28H40O5. The molecule has 0 spiro atoms. The second-order valence-corrected chi connectivity index (χ2v) is 9.28. The predicted molar refractivity (Wildman–Crippen MR) is 132 cm³/mol. The molecule has 2 rings (SSSR count). The van der Waals surface area contributed by atoms with Gasteiger partial charge in [0.25, 0.3) is 0 Å². The topological polar surface area (TPSA) is 76.0 Å². The summed E-state index contributed by atoms with van der Waals surface area (Å²) in [5.74, 6) is 0.0688. The van der Waals surface area contributed by atoms with Crippen LogP contribution in [0.2, 0.25) is 0 Å². The van der Waals surface area contributed by atoms with Crippen molar-refractivity contribution >= 4 is 5.97 Å². The molecule has 1 fully saturated rings. The van der Waals surface area contributed by atoms with Crippen LogP contribution in [0.5, 0.6) is 0 Å². The molecule has 0 saturated carbocycles. The smallest absolute Gasteiger partial charge is 0.331 e. The zero-order valence-electron chi connectivity index (χ0n) is 20.6. The number of aliphatic hydroxyl groups excluding tert-OH is 2. The van der Waals surface area contributed by atoms with E-state index in [0.29, 0.717) is 18.8 Å². The number of ether oxygens (including phenoxy) is 2. The maximum atomic E-state index is 11.3. The number of rotatable bonds is 9. The van der Waals surface area contributed by atoms with E-state index >= 15 is 0 Å². The summed E-state index contributed by atoms with van der Waals surface area (Å²) in [7, 11) is 0. The molecule has 0 amide bonds. The van der Waals surface area contributed by atoms with Crippen molar-refractivity contribution in [3.05, 3.63) is 71.9 Å². The average Bonchev–Trinajstić information content (AvgIpc) is 2.75. The van der Waals surface area contributed by atoms with Crippen LogP contribution in [0.4, 0.5) is 0 Å². The quantitative estimate of drug-likeness (QED) is 0.291. The summed E-state index contributed by atoms with van der Waals surface area (Å²) in [6.07, 6.45) is 18.9. The van der Waals surface area contributed by atoms with Gasteiger partial charge in [0.1, 0.15) is 6.10 Å². The fraction of sp³-hybridized carbons (Fsp3) is 0.536. The zero-order valence-corrected chi connectivity index (χ0v) is 20.6. The number of allylic oxidation sites excluding steroid dienone is 7. The average molecular weight is 457 g/mol. The highest BCUT2D eigenvalue weighted by molar-refractivity contribution is 5.82. The lowest BCUT2D eigenvalue weighted by Gasteiger charge is -2.38. The number of cyclic esters (lactones) is 1. The molecule has 2 aliphatic rings. The van der Waals surface area contributed by atoms with Gasteiger partial charge in [0.2, 0.25) is 0 Å². The highest BCUT2D eigenvalue weighted by Crippen LogP contribution is 2.28. The highest BCUT2D eigenvalue weighted by Gasteiger charge is 2.35. The van der Waals surface area contributed by atoms with Crippen molar-refractivity contribution in [2.75, 3.05) is 0 Å². The Hall–Kier alpha value is -2.21. The largest absolute Gasteiger partial charge is 0.455 e. The second-order valence-electron chi connectivity index (χ2n) is 9.28. The Balaban J connectivity index is 1.85. The molecule has 0 bridgehead atoms. The van der Waals surface area contributed by atoms with Crippen LogP contribution in [0.1, 0.15) is 53.9 Å². The summed E-state index contributed by atoms with van der Waals surface area (Å²) >= 11 is 0. The Morgan fingerprint density at radius 3 is 2.76 bits per heavy atom. The molecule has 2 heterocycles. The first-order valence-electron chi connectivity index (χ1n) is 11.9. The van der Waals surface area contributed by atoms with E-state index in [0.717, 1.165) is 12.0 Å². The summed E-state index contributed by atoms with van der Waals surface area (Å²) in [4.78, 5) is 11.3. The molecule has 1 saturated heterocycles. The molecule has 5 heteroatoms. The molecule has 33 heavy (non-hydrogen) atoms. The molecule has 5 nitrogen and oxygen atoms in total. The van der Waals surface area contributed by atoms with Gasteiger partial charge in [-0.1, -0.05) is 73.6 Å². The molecule has 0 radical (unpaired) electrons. The molecule has 7 atom stereocenters. The number of esters is 1. The van der Waals surface area contributed by atoms with Crippen molar-refractivity contribution in [2.24, 2.45) is 11.8 Å². The van der Waals surface area contributed by atoms with Gasteiger partial charge in [0, 0.05) is 24.8 Å². The summed E-state index contributed by atoms with van der Waals surface area (Å²) in [5, 5.41) is 20.8. The number of hydrogen-bond acceptors (Lipinski definition) is 5. The molecular weight excluding hydrogens is 416 g/mol. The number of aliphatic hydroxyl groups is 2. The molecule has 0 aromatic heterocycles. The number of carbonyl (C=O) groups excluding carboxylic acids is 1. The second kappa shape index (κ2) is 13.5. The van der Waals surface area contributed by atoms with Gasteiger partial charge in [-0.15, -0.1) is 0 Å². The maximum absolute atomic E-state index is 11.3. The van der Waals surface area contributed by atoms with E-state index in [9.17, 15) is 15.0 Å². The van der Waals surface area contributed by atoms with Gasteiger partial charge < -0.3 is 19.7 Å². The monoisotopic (exact) mass is 456 g/mol. The van der Waals surface area contributed by atoms with Crippen LogP contribution in [0.3, 0.4) is 0 Å². The van der Waals surface area contributed by atoms with E-state index in [1.165, 1.54) is 11.6 Å². The fourth-order valence-corrected chi connectivity index (χ4v) is 4.19. The lowest BCUT2D eigenvalue weighted by Crippen LogP contribution is -2.46. The Kier molecular flexibility index (Phi) is 11.0. The van der Waals surface area contributed by atoms with Crippen molar-refractivity contribution in [1.29, 1.82) is 0 Å². The minimum atomic E-state index is -0.766. The number of hydrogen-bond donors (Lipinski definition) is 2. The van der Waals surface area contributed by atoms with Crippen molar-refractivity contribution < 1.29 is 24.5 Å². The number of carbonyl (C=O) groups is 1. The summed E-state index contributed by atoms with van der Waals surface area (Å²) in [6.45, 7) is 10.2. The van der Waals surface area contributed by atoms with E-state index < -0.39 is 18.3 Å². The van der Waals surface area contributed by atoms with E-state index in [4.69, 9.17) is 9.47 Å². The van der Waals surface area contributed by atoms with E-state index in [-0.39, 0.29) is 24.1 Å². The Labute approximate surface area is 198 Å². The van der Waals surface area contributed by atoms with Gasteiger partial charge in [-0.05, 0) is 39.2 Å². The Morgan fingerprint density at radius 1 is 1.30 bits per heavy atom. The van der Waals surface area contributed by atoms with Crippen LogP contribution >= 0.6 is 0 Å². The molecule has 0 aromatic carbocycles. The molecule has 0 aliphatic carbocycles. The lowest BCUT2D eigenvalue weighted by molar-refractivity contribution is -0.141. The van der Waals surface area contributed by atoms with E-state index in [1.807, 2.05) is 63.3 Å². The first-order chi connectivity index (χ1) is 15.7. The standard InChI is InChI=1S/C28H40O5/c1-6-9-26-22(5)25(30)18-27(33-26)24(29)12-7-10-19(2)16-21(4)17-20(3)14-15-23-11-8-13-28(31)32-23/h6-10,12-15,17,21-27,29-30H,11,16,18H2,1-5H3/b9-6+,12-7+,15-14+,19-10+,20-17-/t21-,22+,23-,24?,25-,26+,27+/m1/s1.